The summed E-state index contributed by atoms with van der Waals surface area (Å²) in [5.41, 5.74) is 0.495. The summed E-state index contributed by atoms with van der Waals surface area (Å²) in [5.74, 6) is 0.280. The highest BCUT2D eigenvalue weighted by Gasteiger charge is 2.47. The third-order valence-corrected chi connectivity index (χ3v) is 5.18. The van der Waals surface area contributed by atoms with E-state index in [2.05, 4.69) is 0 Å². The van der Waals surface area contributed by atoms with Crippen molar-refractivity contribution in [2.75, 3.05) is 33.8 Å². The molecule has 1 aromatic heterocycles. The molecule has 1 aliphatic heterocycles. The Morgan fingerprint density at radius 3 is 2.45 bits per heavy atom. The number of aryl methyl sites for hydroxylation is 1. The van der Waals surface area contributed by atoms with E-state index >= 15 is 0 Å². The minimum atomic E-state index is -0.758. The number of amides is 1. The molecule has 0 radical (unpaired) electrons. The van der Waals surface area contributed by atoms with Gasteiger partial charge in [-0.3, -0.25) is 9.59 Å². The zero-order valence-electron chi connectivity index (χ0n) is 18.6. The first-order valence-corrected chi connectivity index (χ1v) is 10.6. The van der Waals surface area contributed by atoms with Gasteiger partial charge in [0, 0.05) is 12.1 Å². The third kappa shape index (κ3) is 4.99. The van der Waals surface area contributed by atoms with E-state index in [1.165, 1.54) is 4.90 Å². The van der Waals surface area contributed by atoms with Gasteiger partial charge in [0.25, 0.3) is 11.7 Å². The van der Waals surface area contributed by atoms with Gasteiger partial charge in [-0.25, -0.2) is 0 Å². The molecule has 1 aromatic carbocycles. The quantitative estimate of drug-likeness (QED) is 0.374. The molecule has 1 unspecified atom stereocenters. The lowest BCUT2D eigenvalue weighted by atomic mass is 9.99. The van der Waals surface area contributed by atoms with Crippen molar-refractivity contribution in [2.45, 2.75) is 32.7 Å². The lowest BCUT2D eigenvalue weighted by molar-refractivity contribution is -0.140. The molecule has 3 rings (SSSR count). The van der Waals surface area contributed by atoms with E-state index in [-0.39, 0.29) is 11.3 Å². The molecule has 7 heteroatoms. The molecule has 2 aromatic rings. The van der Waals surface area contributed by atoms with Crippen LogP contribution in [0, 0.1) is 6.92 Å². The van der Waals surface area contributed by atoms with E-state index in [1.807, 2.05) is 25.9 Å². The minimum Gasteiger partial charge on any atom is -0.507 e. The predicted molar refractivity (Wildman–Crippen MR) is 118 cm³/mol. The number of ketones is 1. The lowest BCUT2D eigenvalue weighted by Crippen LogP contribution is -2.32. The van der Waals surface area contributed by atoms with E-state index in [1.54, 1.807) is 43.3 Å². The fraction of sp³-hybridized carbons (Fsp3) is 0.417. The number of nitrogens with zero attached hydrogens (tertiary/aromatic N) is 2. The minimum absolute atomic E-state index is 0.0476. The second-order valence-corrected chi connectivity index (χ2v) is 7.97. The number of likely N-dealkylation sites (tertiary alicyclic amines) is 1. The maximum absolute atomic E-state index is 12.9. The van der Waals surface area contributed by atoms with Gasteiger partial charge in [-0.1, -0.05) is 6.92 Å². The summed E-state index contributed by atoms with van der Waals surface area (Å²) in [4.78, 5) is 29.3. The van der Waals surface area contributed by atoms with Crippen LogP contribution in [0.3, 0.4) is 0 Å². The predicted octanol–water partition coefficient (Wildman–Crippen LogP) is 3.75. The van der Waals surface area contributed by atoms with Crippen LogP contribution in [0.1, 0.15) is 42.9 Å². The highest BCUT2D eigenvalue weighted by atomic mass is 16.5. The smallest absolute Gasteiger partial charge is 0.295 e. The highest BCUT2D eigenvalue weighted by molar-refractivity contribution is 6.46. The Bertz CT molecular complexity index is 959. The van der Waals surface area contributed by atoms with E-state index in [4.69, 9.17) is 9.15 Å². The topological polar surface area (TPSA) is 83.2 Å². The Morgan fingerprint density at radius 1 is 1.16 bits per heavy atom. The summed E-state index contributed by atoms with van der Waals surface area (Å²) in [6.45, 7) is 5.58. The monoisotopic (exact) mass is 426 g/mol. The molecule has 1 aliphatic rings. The maximum atomic E-state index is 12.9. The molecule has 1 atom stereocenters. The number of Topliss-reactive ketones (excluding diaryl/α,β-unsaturated/α-hetero) is 1. The second-order valence-electron chi connectivity index (χ2n) is 7.97. The van der Waals surface area contributed by atoms with Gasteiger partial charge in [-0.15, -0.1) is 0 Å². The van der Waals surface area contributed by atoms with E-state index in [0.29, 0.717) is 42.4 Å². The Balaban J connectivity index is 1.98. The fourth-order valence-electron chi connectivity index (χ4n) is 3.65. The number of hydrogen-bond acceptors (Lipinski definition) is 6. The van der Waals surface area contributed by atoms with E-state index in [0.717, 1.165) is 13.0 Å². The molecule has 7 nitrogen and oxygen atoms in total. The average Bonchev–Trinajstić information content (AvgIpc) is 3.28. The SMILES string of the molecule is CCCOc1ccc(/C(O)=C2/C(=O)C(=O)N(CCCN(C)C)C2c2ccc(C)o2)cc1. The van der Waals surface area contributed by atoms with Gasteiger partial charge in [0.2, 0.25) is 0 Å². The molecule has 1 fully saturated rings. The largest absolute Gasteiger partial charge is 0.507 e. The molecular formula is C24H30N2O5. The Morgan fingerprint density at radius 2 is 1.87 bits per heavy atom. The number of aliphatic hydroxyl groups is 1. The van der Waals surface area contributed by atoms with Crippen LogP contribution in [-0.2, 0) is 9.59 Å². The van der Waals surface area contributed by atoms with Crippen molar-refractivity contribution >= 4 is 17.4 Å². The fourth-order valence-corrected chi connectivity index (χ4v) is 3.65. The van der Waals surface area contributed by atoms with Crippen molar-refractivity contribution in [1.29, 1.82) is 0 Å². The molecule has 166 valence electrons. The first kappa shape index (κ1) is 22.6. The van der Waals surface area contributed by atoms with E-state index in [9.17, 15) is 14.7 Å². The molecule has 1 saturated heterocycles. The summed E-state index contributed by atoms with van der Waals surface area (Å²) in [6.07, 6.45) is 1.58. The lowest BCUT2D eigenvalue weighted by Gasteiger charge is -2.24. The first-order valence-electron chi connectivity index (χ1n) is 10.6. The van der Waals surface area contributed by atoms with Gasteiger partial charge in [0.05, 0.1) is 12.2 Å². The molecule has 0 saturated carbocycles. The van der Waals surface area contributed by atoms with Crippen LogP contribution in [0.15, 0.2) is 46.4 Å². The molecule has 0 spiro atoms. The van der Waals surface area contributed by atoms with Gasteiger partial charge in [-0.2, -0.15) is 0 Å². The number of ether oxygens (including phenoxy) is 1. The molecule has 2 heterocycles. The molecule has 0 aliphatic carbocycles. The van der Waals surface area contributed by atoms with Crippen LogP contribution >= 0.6 is 0 Å². The normalized spacial score (nSPS) is 18.2. The molecule has 1 amide bonds. The Labute approximate surface area is 182 Å². The number of carbonyl (C=O) groups excluding carboxylic acids is 2. The number of hydrogen-bond donors (Lipinski definition) is 1. The number of carbonyl (C=O) groups is 2. The first-order chi connectivity index (χ1) is 14.8. The van der Waals surface area contributed by atoms with Crippen LogP contribution in [0.25, 0.3) is 5.76 Å². The molecule has 0 bridgehead atoms. The second kappa shape index (κ2) is 9.83. The van der Waals surface area contributed by atoms with Gasteiger partial charge in [0.1, 0.15) is 29.1 Å². The third-order valence-electron chi connectivity index (χ3n) is 5.18. The van der Waals surface area contributed by atoms with Gasteiger partial charge in [-0.05, 0) is 76.8 Å². The maximum Gasteiger partial charge on any atom is 0.295 e. The summed E-state index contributed by atoms with van der Waals surface area (Å²) < 4.78 is 11.4. The number of benzene rings is 1. The molecule has 31 heavy (non-hydrogen) atoms. The van der Waals surface area contributed by atoms with Crippen molar-refractivity contribution in [3.05, 3.63) is 59.1 Å². The van der Waals surface area contributed by atoms with Crippen molar-refractivity contribution in [2.24, 2.45) is 0 Å². The van der Waals surface area contributed by atoms with Crippen LogP contribution < -0.4 is 4.74 Å². The van der Waals surface area contributed by atoms with E-state index < -0.39 is 17.7 Å². The average molecular weight is 427 g/mol. The number of aliphatic hydroxyl groups excluding tert-OH is 1. The Hall–Kier alpha value is -3.06. The van der Waals surface area contributed by atoms with Gasteiger partial charge >= 0.3 is 0 Å². The Kier molecular flexibility index (Phi) is 7.17. The molecule has 1 N–H and O–H groups in total. The van der Waals surface area contributed by atoms with Crippen molar-refractivity contribution in [3.8, 4) is 5.75 Å². The highest BCUT2D eigenvalue weighted by Crippen LogP contribution is 2.40. The van der Waals surface area contributed by atoms with Crippen LogP contribution in [0.2, 0.25) is 0 Å². The van der Waals surface area contributed by atoms with Gasteiger partial charge in [0.15, 0.2) is 0 Å². The zero-order chi connectivity index (χ0) is 22.5. The van der Waals surface area contributed by atoms with Crippen LogP contribution in [0.5, 0.6) is 5.75 Å². The standard InChI is InChI=1S/C24H30N2O5/c1-5-15-30-18-10-8-17(9-11-18)22(27)20-21(19-12-7-16(2)31-19)26(24(29)23(20)28)14-6-13-25(3)4/h7-12,21,27H,5-6,13-15H2,1-4H3/b22-20-. The number of rotatable bonds is 9. The summed E-state index contributed by atoms with van der Waals surface area (Å²) in [7, 11) is 3.91. The van der Waals surface area contributed by atoms with Crippen LogP contribution in [0.4, 0.5) is 0 Å². The summed E-state index contributed by atoms with van der Waals surface area (Å²) in [5, 5.41) is 11.0. The van der Waals surface area contributed by atoms with Crippen molar-refractivity contribution in [3.63, 3.8) is 0 Å². The van der Waals surface area contributed by atoms with Gasteiger partial charge < -0.3 is 24.1 Å². The zero-order valence-corrected chi connectivity index (χ0v) is 18.6. The summed E-state index contributed by atoms with van der Waals surface area (Å²) >= 11 is 0. The molecular weight excluding hydrogens is 396 g/mol. The van der Waals surface area contributed by atoms with Crippen LogP contribution in [-0.4, -0.2) is 60.4 Å². The van der Waals surface area contributed by atoms with Crippen molar-refractivity contribution in [1.82, 2.24) is 9.80 Å². The number of furan rings is 1. The van der Waals surface area contributed by atoms with Crippen molar-refractivity contribution < 1.29 is 23.8 Å². The summed E-state index contributed by atoms with van der Waals surface area (Å²) in [6, 6.07) is 9.63.